The monoisotopic (exact) mass is 245 g/mol. The van der Waals surface area contributed by atoms with Crippen LogP contribution in [0.1, 0.15) is 5.56 Å². The van der Waals surface area contributed by atoms with Crippen molar-refractivity contribution in [2.45, 2.75) is 6.29 Å². The van der Waals surface area contributed by atoms with Crippen LogP contribution in [0.15, 0.2) is 23.2 Å². The number of ether oxygens (including phenoxy) is 2. The van der Waals surface area contributed by atoms with E-state index in [4.69, 9.17) is 21.1 Å². The highest BCUT2D eigenvalue weighted by atomic mass is 35.5. The molecule has 0 heterocycles. The lowest BCUT2D eigenvalue weighted by Crippen LogP contribution is -2.16. The molecule has 0 atom stereocenters. The average molecular weight is 246 g/mol. The van der Waals surface area contributed by atoms with E-state index in [2.05, 4.69) is 4.99 Å². The van der Waals surface area contributed by atoms with Crippen LogP contribution < -0.4 is 0 Å². The van der Waals surface area contributed by atoms with Crippen molar-refractivity contribution >= 4 is 17.8 Å². The van der Waals surface area contributed by atoms with Gasteiger partial charge >= 0.3 is 0 Å². The number of methoxy groups -OCH3 is 2. The van der Waals surface area contributed by atoms with E-state index in [9.17, 15) is 4.39 Å². The molecule has 0 aliphatic heterocycles. The molecule has 0 saturated carbocycles. The van der Waals surface area contributed by atoms with Crippen molar-refractivity contribution in [1.82, 2.24) is 0 Å². The Hall–Kier alpha value is -0.970. The topological polar surface area (TPSA) is 30.8 Å². The van der Waals surface area contributed by atoms with Gasteiger partial charge in [-0.2, -0.15) is 0 Å². The van der Waals surface area contributed by atoms with E-state index in [1.54, 1.807) is 12.3 Å². The molecule has 1 aromatic rings. The van der Waals surface area contributed by atoms with Crippen LogP contribution in [-0.2, 0) is 9.47 Å². The lowest BCUT2D eigenvalue weighted by molar-refractivity contribution is -0.0936. The minimum atomic E-state index is -0.379. The fourth-order valence-electron chi connectivity index (χ4n) is 1.09. The van der Waals surface area contributed by atoms with Crippen molar-refractivity contribution in [1.29, 1.82) is 0 Å². The van der Waals surface area contributed by atoms with Crippen LogP contribution in [-0.4, -0.2) is 33.3 Å². The number of halogens is 2. The number of benzene rings is 1. The molecule has 0 aliphatic carbocycles. The van der Waals surface area contributed by atoms with Crippen molar-refractivity contribution in [2.75, 3.05) is 20.8 Å². The number of hydrogen-bond donors (Lipinski definition) is 0. The van der Waals surface area contributed by atoms with Gasteiger partial charge in [-0.3, -0.25) is 4.99 Å². The first-order valence-corrected chi connectivity index (χ1v) is 5.05. The predicted molar refractivity (Wildman–Crippen MR) is 61.7 cm³/mol. The van der Waals surface area contributed by atoms with Crippen LogP contribution in [0.2, 0.25) is 5.02 Å². The SMILES string of the molecule is COC(CN=Cc1ccc(F)cc1Cl)OC. The standard InChI is InChI=1S/C11H13ClFNO2/c1-15-11(16-2)7-14-6-8-3-4-9(13)5-10(8)12/h3-6,11H,7H2,1-2H3. The van der Waals surface area contributed by atoms with E-state index >= 15 is 0 Å². The van der Waals surface area contributed by atoms with Gasteiger partial charge in [0.15, 0.2) is 6.29 Å². The Kier molecular flexibility index (Phi) is 5.38. The highest BCUT2D eigenvalue weighted by Gasteiger charge is 2.02. The summed E-state index contributed by atoms with van der Waals surface area (Å²) in [7, 11) is 3.07. The van der Waals surface area contributed by atoms with Crippen LogP contribution in [0, 0.1) is 5.82 Å². The van der Waals surface area contributed by atoms with Crippen LogP contribution in [0.5, 0.6) is 0 Å². The Morgan fingerprint density at radius 3 is 2.69 bits per heavy atom. The molecule has 0 fully saturated rings. The Bertz CT molecular complexity index is 367. The molecule has 1 rings (SSSR count). The molecule has 0 aromatic heterocycles. The first-order valence-electron chi connectivity index (χ1n) is 4.68. The smallest absolute Gasteiger partial charge is 0.176 e. The Morgan fingerprint density at radius 2 is 2.12 bits per heavy atom. The summed E-state index contributed by atoms with van der Waals surface area (Å²) < 4.78 is 22.7. The molecule has 88 valence electrons. The number of rotatable bonds is 5. The molecular formula is C11H13ClFNO2. The van der Waals surface area contributed by atoms with Crippen LogP contribution in [0.3, 0.4) is 0 Å². The molecule has 1 aromatic carbocycles. The average Bonchev–Trinajstić information content (AvgIpc) is 2.27. The molecule has 16 heavy (non-hydrogen) atoms. The lowest BCUT2D eigenvalue weighted by atomic mass is 10.2. The fourth-order valence-corrected chi connectivity index (χ4v) is 1.30. The van der Waals surface area contributed by atoms with Crippen LogP contribution >= 0.6 is 11.6 Å². The third kappa shape index (κ3) is 3.89. The maximum atomic E-state index is 12.7. The Labute approximate surface area is 98.8 Å². The maximum absolute atomic E-state index is 12.7. The van der Waals surface area contributed by atoms with E-state index in [0.717, 1.165) is 0 Å². The Morgan fingerprint density at radius 1 is 1.44 bits per heavy atom. The van der Waals surface area contributed by atoms with E-state index in [1.807, 2.05) is 0 Å². The van der Waals surface area contributed by atoms with Gasteiger partial charge in [-0.15, -0.1) is 0 Å². The largest absolute Gasteiger partial charge is 0.354 e. The highest BCUT2D eigenvalue weighted by Crippen LogP contribution is 2.15. The maximum Gasteiger partial charge on any atom is 0.176 e. The summed E-state index contributed by atoms with van der Waals surface area (Å²) in [6.07, 6.45) is 1.18. The lowest BCUT2D eigenvalue weighted by Gasteiger charge is -2.09. The van der Waals surface area contributed by atoms with Crippen molar-refractivity contribution < 1.29 is 13.9 Å². The minimum absolute atomic E-state index is 0.329. The fraction of sp³-hybridized carbons (Fsp3) is 0.364. The van der Waals surface area contributed by atoms with Crippen molar-refractivity contribution in [3.63, 3.8) is 0 Å². The van der Waals surface area contributed by atoms with Gasteiger partial charge in [0.25, 0.3) is 0 Å². The van der Waals surface area contributed by atoms with Gasteiger partial charge in [0.2, 0.25) is 0 Å². The summed E-state index contributed by atoms with van der Waals surface area (Å²) in [5.74, 6) is -0.367. The molecule has 0 unspecified atom stereocenters. The molecule has 0 spiro atoms. The second-order valence-electron chi connectivity index (χ2n) is 3.06. The van der Waals surface area contributed by atoms with E-state index < -0.39 is 0 Å². The first-order chi connectivity index (χ1) is 7.67. The second kappa shape index (κ2) is 6.58. The summed E-state index contributed by atoms with van der Waals surface area (Å²) in [6, 6.07) is 4.14. The number of aliphatic imine (C=N–C) groups is 1. The Balaban J connectivity index is 2.62. The zero-order valence-electron chi connectivity index (χ0n) is 9.11. The van der Waals surface area contributed by atoms with E-state index in [1.165, 1.54) is 26.4 Å². The molecular weight excluding hydrogens is 233 g/mol. The van der Waals surface area contributed by atoms with Gasteiger partial charge in [0, 0.05) is 26.0 Å². The molecule has 0 bridgehead atoms. The molecule has 0 aliphatic rings. The van der Waals surface area contributed by atoms with Gasteiger partial charge in [-0.25, -0.2) is 4.39 Å². The third-order valence-corrected chi connectivity index (χ3v) is 2.30. The van der Waals surface area contributed by atoms with Crippen molar-refractivity contribution in [2.24, 2.45) is 4.99 Å². The predicted octanol–water partition coefficient (Wildman–Crippen LogP) is 2.52. The van der Waals surface area contributed by atoms with Crippen LogP contribution in [0.4, 0.5) is 4.39 Å². The zero-order chi connectivity index (χ0) is 12.0. The summed E-state index contributed by atoms with van der Waals surface area (Å²) >= 11 is 5.82. The molecule has 0 saturated heterocycles. The zero-order valence-corrected chi connectivity index (χ0v) is 9.87. The molecule has 0 amide bonds. The number of hydrogen-bond acceptors (Lipinski definition) is 3. The van der Waals surface area contributed by atoms with Crippen molar-refractivity contribution in [3.8, 4) is 0 Å². The van der Waals surface area contributed by atoms with Gasteiger partial charge in [-0.05, 0) is 18.2 Å². The van der Waals surface area contributed by atoms with Gasteiger partial charge in [0.05, 0.1) is 11.6 Å². The van der Waals surface area contributed by atoms with E-state index in [0.29, 0.717) is 17.1 Å². The summed E-state index contributed by atoms with van der Waals surface area (Å²) in [5, 5.41) is 0.329. The molecule has 0 N–H and O–H groups in total. The summed E-state index contributed by atoms with van der Waals surface area (Å²) in [6.45, 7) is 0.362. The van der Waals surface area contributed by atoms with E-state index in [-0.39, 0.29) is 12.1 Å². The number of nitrogens with zero attached hydrogens (tertiary/aromatic N) is 1. The summed E-state index contributed by atoms with van der Waals surface area (Å²) in [5.41, 5.74) is 0.661. The van der Waals surface area contributed by atoms with Gasteiger partial charge < -0.3 is 9.47 Å². The molecule has 5 heteroatoms. The minimum Gasteiger partial charge on any atom is -0.354 e. The quantitative estimate of drug-likeness (QED) is 0.590. The molecule has 3 nitrogen and oxygen atoms in total. The van der Waals surface area contributed by atoms with Gasteiger partial charge in [0.1, 0.15) is 5.82 Å². The second-order valence-corrected chi connectivity index (χ2v) is 3.47. The first kappa shape index (κ1) is 13.1. The molecule has 0 radical (unpaired) electrons. The normalized spacial score (nSPS) is 11.6. The highest BCUT2D eigenvalue weighted by molar-refractivity contribution is 6.33. The third-order valence-electron chi connectivity index (χ3n) is 1.97. The van der Waals surface area contributed by atoms with Gasteiger partial charge in [-0.1, -0.05) is 11.6 Å². The van der Waals surface area contributed by atoms with Crippen molar-refractivity contribution in [3.05, 3.63) is 34.6 Å². The van der Waals surface area contributed by atoms with Crippen LogP contribution in [0.25, 0.3) is 0 Å². The summed E-state index contributed by atoms with van der Waals surface area (Å²) in [4.78, 5) is 4.09.